The van der Waals surface area contributed by atoms with Crippen molar-refractivity contribution in [3.8, 4) is 5.75 Å². The van der Waals surface area contributed by atoms with E-state index in [4.69, 9.17) is 10.5 Å². The number of benzene rings is 2. The maximum absolute atomic E-state index is 12.6. The normalized spacial score (nSPS) is 15.8. The third-order valence-electron chi connectivity index (χ3n) is 4.19. The Morgan fingerprint density at radius 1 is 1.29 bits per heavy atom. The zero-order chi connectivity index (χ0) is 16.4. The molecule has 3 N–H and O–H groups in total. The van der Waals surface area contributed by atoms with Crippen LogP contribution in [-0.2, 0) is 6.42 Å². The number of aryl methyl sites for hydroxylation is 1. The lowest BCUT2D eigenvalue weighted by Gasteiger charge is -2.27. The van der Waals surface area contributed by atoms with Crippen molar-refractivity contribution in [3.05, 3.63) is 57.6 Å². The van der Waals surface area contributed by atoms with E-state index in [1.165, 1.54) is 5.56 Å². The Morgan fingerprint density at radius 3 is 2.83 bits per heavy atom. The van der Waals surface area contributed by atoms with Crippen LogP contribution >= 0.6 is 28.3 Å². The van der Waals surface area contributed by atoms with Crippen molar-refractivity contribution in [1.82, 2.24) is 5.32 Å². The standard InChI is InChI=1S/C18H19BrN2O2.ClH/c1-23-17-10-12(19)5-7-15(17)18(22)21-16-4-2-3-11-9-13(20)6-8-14(11)16;/h5-10,16H,2-4,20H2,1H3,(H,21,22);1H. The molecule has 2 aromatic rings. The number of carbonyl (C=O) groups is 1. The third kappa shape index (κ3) is 3.84. The molecule has 1 atom stereocenters. The van der Waals surface area contributed by atoms with Gasteiger partial charge >= 0.3 is 0 Å². The first kappa shape index (κ1) is 18.6. The van der Waals surface area contributed by atoms with Gasteiger partial charge in [0, 0.05) is 10.2 Å². The first-order chi connectivity index (χ1) is 11.1. The lowest BCUT2D eigenvalue weighted by atomic mass is 9.87. The number of methoxy groups -OCH3 is 1. The number of rotatable bonds is 3. The van der Waals surface area contributed by atoms with Gasteiger partial charge in [-0.25, -0.2) is 0 Å². The molecule has 0 fully saturated rings. The third-order valence-corrected chi connectivity index (χ3v) is 4.69. The van der Waals surface area contributed by atoms with E-state index in [2.05, 4.69) is 21.2 Å². The van der Waals surface area contributed by atoms with Crippen molar-refractivity contribution < 1.29 is 9.53 Å². The lowest BCUT2D eigenvalue weighted by Crippen LogP contribution is -2.31. The largest absolute Gasteiger partial charge is 0.496 e. The van der Waals surface area contributed by atoms with Gasteiger partial charge in [-0.05, 0) is 60.7 Å². The number of nitrogens with one attached hydrogen (secondary N) is 1. The average Bonchev–Trinajstić information content (AvgIpc) is 2.54. The molecule has 0 saturated heterocycles. The Morgan fingerprint density at radius 2 is 2.08 bits per heavy atom. The highest BCUT2D eigenvalue weighted by atomic mass is 79.9. The molecule has 0 bridgehead atoms. The Balaban J connectivity index is 0.00000208. The van der Waals surface area contributed by atoms with Gasteiger partial charge in [0.05, 0.1) is 18.7 Å². The number of hydrogen-bond donors (Lipinski definition) is 2. The monoisotopic (exact) mass is 410 g/mol. The number of anilines is 1. The summed E-state index contributed by atoms with van der Waals surface area (Å²) in [5, 5.41) is 3.13. The smallest absolute Gasteiger partial charge is 0.255 e. The molecule has 4 nitrogen and oxygen atoms in total. The van der Waals surface area contributed by atoms with Crippen LogP contribution in [0.2, 0.25) is 0 Å². The molecule has 3 rings (SSSR count). The molecule has 6 heteroatoms. The van der Waals surface area contributed by atoms with Gasteiger partial charge in [-0.15, -0.1) is 12.4 Å². The number of fused-ring (bicyclic) bond motifs is 1. The molecule has 0 aromatic heterocycles. The number of halogens is 2. The minimum atomic E-state index is -0.121. The second-order valence-corrected chi connectivity index (χ2v) is 6.64. The molecule has 1 aliphatic rings. The quantitative estimate of drug-likeness (QED) is 0.741. The minimum absolute atomic E-state index is 0. The molecule has 1 amide bonds. The molecule has 1 aliphatic carbocycles. The van der Waals surface area contributed by atoms with Gasteiger partial charge in [-0.2, -0.15) is 0 Å². The predicted octanol–water partition coefficient (Wildman–Crippen LogP) is 4.27. The second-order valence-electron chi connectivity index (χ2n) is 5.72. The highest BCUT2D eigenvalue weighted by Gasteiger charge is 2.23. The topological polar surface area (TPSA) is 64.3 Å². The summed E-state index contributed by atoms with van der Waals surface area (Å²) < 4.78 is 6.19. The van der Waals surface area contributed by atoms with Crippen molar-refractivity contribution in [2.75, 3.05) is 12.8 Å². The van der Waals surface area contributed by atoms with E-state index in [0.29, 0.717) is 11.3 Å². The van der Waals surface area contributed by atoms with Crippen molar-refractivity contribution >= 4 is 39.9 Å². The SMILES string of the molecule is COc1cc(Br)ccc1C(=O)NC1CCCc2cc(N)ccc21.Cl. The van der Waals surface area contributed by atoms with Crippen LogP contribution in [0.1, 0.15) is 40.4 Å². The minimum Gasteiger partial charge on any atom is -0.496 e. The van der Waals surface area contributed by atoms with E-state index in [1.54, 1.807) is 19.2 Å². The average molecular weight is 412 g/mol. The van der Waals surface area contributed by atoms with Crippen molar-refractivity contribution in [3.63, 3.8) is 0 Å². The van der Waals surface area contributed by atoms with Crippen LogP contribution < -0.4 is 15.8 Å². The van der Waals surface area contributed by atoms with Crippen LogP contribution in [0.5, 0.6) is 5.75 Å². The van der Waals surface area contributed by atoms with Crippen LogP contribution in [0, 0.1) is 0 Å². The fraction of sp³-hybridized carbons (Fsp3) is 0.278. The van der Waals surface area contributed by atoms with Crippen LogP contribution in [0.15, 0.2) is 40.9 Å². The lowest BCUT2D eigenvalue weighted by molar-refractivity contribution is 0.0929. The van der Waals surface area contributed by atoms with E-state index in [9.17, 15) is 4.79 Å². The Kier molecular flexibility index (Phi) is 6.13. The summed E-state index contributed by atoms with van der Waals surface area (Å²) in [6.07, 6.45) is 2.98. The summed E-state index contributed by atoms with van der Waals surface area (Å²) in [5.74, 6) is 0.439. The molecule has 0 heterocycles. The van der Waals surface area contributed by atoms with Gasteiger partial charge in [-0.3, -0.25) is 4.79 Å². The Hall–Kier alpha value is -1.72. The Labute approximate surface area is 156 Å². The van der Waals surface area contributed by atoms with Crippen molar-refractivity contribution in [2.24, 2.45) is 0 Å². The van der Waals surface area contributed by atoms with E-state index < -0.39 is 0 Å². The molecular formula is C18H20BrClN2O2. The van der Waals surface area contributed by atoms with Gasteiger partial charge in [-0.1, -0.05) is 22.0 Å². The van der Waals surface area contributed by atoms with E-state index in [1.807, 2.05) is 24.3 Å². The predicted molar refractivity (Wildman–Crippen MR) is 102 cm³/mol. The number of nitrogens with two attached hydrogens (primary N) is 1. The van der Waals surface area contributed by atoms with Crippen LogP contribution in [0.25, 0.3) is 0 Å². The molecule has 0 radical (unpaired) electrons. The maximum atomic E-state index is 12.6. The van der Waals surface area contributed by atoms with Gasteiger partial charge < -0.3 is 15.8 Å². The first-order valence-electron chi connectivity index (χ1n) is 7.61. The highest BCUT2D eigenvalue weighted by molar-refractivity contribution is 9.10. The number of hydrogen-bond acceptors (Lipinski definition) is 3. The molecule has 128 valence electrons. The number of nitrogen functional groups attached to an aromatic ring is 1. The fourth-order valence-corrected chi connectivity index (χ4v) is 3.41. The zero-order valence-electron chi connectivity index (χ0n) is 13.3. The van der Waals surface area contributed by atoms with Gasteiger partial charge in [0.2, 0.25) is 0 Å². The molecule has 24 heavy (non-hydrogen) atoms. The molecular weight excluding hydrogens is 392 g/mol. The summed E-state index contributed by atoms with van der Waals surface area (Å²) >= 11 is 3.39. The molecule has 0 saturated carbocycles. The Bertz CT molecular complexity index is 752. The summed E-state index contributed by atoms with van der Waals surface area (Å²) in [7, 11) is 1.57. The first-order valence-corrected chi connectivity index (χ1v) is 8.40. The molecule has 0 spiro atoms. The van der Waals surface area contributed by atoms with E-state index >= 15 is 0 Å². The maximum Gasteiger partial charge on any atom is 0.255 e. The molecule has 1 unspecified atom stereocenters. The van der Waals surface area contributed by atoms with Gasteiger partial charge in [0.25, 0.3) is 5.91 Å². The van der Waals surface area contributed by atoms with Crippen LogP contribution in [0.3, 0.4) is 0 Å². The zero-order valence-corrected chi connectivity index (χ0v) is 15.7. The van der Waals surface area contributed by atoms with Crippen LogP contribution in [0.4, 0.5) is 5.69 Å². The molecule has 2 aromatic carbocycles. The highest BCUT2D eigenvalue weighted by Crippen LogP contribution is 2.32. The summed E-state index contributed by atoms with van der Waals surface area (Å²) in [6.45, 7) is 0. The fourth-order valence-electron chi connectivity index (χ4n) is 3.07. The van der Waals surface area contributed by atoms with Gasteiger partial charge in [0.15, 0.2) is 0 Å². The number of amides is 1. The summed E-state index contributed by atoms with van der Waals surface area (Å²) in [4.78, 5) is 12.6. The van der Waals surface area contributed by atoms with E-state index in [-0.39, 0.29) is 24.4 Å². The van der Waals surface area contributed by atoms with Gasteiger partial charge in [0.1, 0.15) is 5.75 Å². The van der Waals surface area contributed by atoms with Crippen LogP contribution in [-0.4, -0.2) is 13.0 Å². The van der Waals surface area contributed by atoms with Crippen molar-refractivity contribution in [2.45, 2.75) is 25.3 Å². The number of carbonyl (C=O) groups excluding carboxylic acids is 1. The summed E-state index contributed by atoms with van der Waals surface area (Å²) in [5.41, 5.74) is 9.56. The van der Waals surface area contributed by atoms with Crippen molar-refractivity contribution in [1.29, 1.82) is 0 Å². The summed E-state index contributed by atoms with van der Waals surface area (Å²) in [6, 6.07) is 11.3. The second kappa shape index (κ2) is 7.90. The number of ether oxygens (including phenoxy) is 1. The molecule has 0 aliphatic heterocycles. The van der Waals surface area contributed by atoms with E-state index in [0.717, 1.165) is 35.0 Å².